The molecule has 1 amide bonds. The Morgan fingerprint density at radius 3 is 2.67 bits per heavy atom. The number of halogens is 1. The summed E-state index contributed by atoms with van der Waals surface area (Å²) in [6.07, 6.45) is 3.45. The Morgan fingerprint density at radius 1 is 1.19 bits per heavy atom. The first-order valence-corrected chi connectivity index (χ1v) is 9.03. The van der Waals surface area contributed by atoms with Gasteiger partial charge in [0.15, 0.2) is 5.16 Å². The van der Waals surface area contributed by atoms with Crippen LogP contribution in [0.4, 0.5) is 10.1 Å². The number of hydrogen-bond donors (Lipinski definition) is 1. The molecule has 0 spiro atoms. The lowest BCUT2D eigenvalue weighted by Gasteiger charge is -2.13. The Bertz CT molecular complexity index is 928. The van der Waals surface area contributed by atoms with E-state index in [1.807, 2.05) is 16.7 Å². The van der Waals surface area contributed by atoms with Crippen LogP contribution in [-0.2, 0) is 4.79 Å². The van der Waals surface area contributed by atoms with E-state index in [9.17, 15) is 9.18 Å². The summed E-state index contributed by atoms with van der Waals surface area (Å²) in [4.78, 5) is 16.5. The van der Waals surface area contributed by atoms with Gasteiger partial charge in [-0.3, -0.25) is 9.36 Å². The van der Waals surface area contributed by atoms with E-state index in [4.69, 9.17) is 9.47 Å². The molecule has 0 bridgehead atoms. The van der Waals surface area contributed by atoms with Crippen LogP contribution in [0.3, 0.4) is 0 Å². The van der Waals surface area contributed by atoms with Gasteiger partial charge in [0, 0.05) is 24.1 Å². The molecule has 8 heteroatoms. The van der Waals surface area contributed by atoms with Crippen molar-refractivity contribution in [3.63, 3.8) is 0 Å². The van der Waals surface area contributed by atoms with Crippen LogP contribution in [0.15, 0.2) is 60.0 Å². The van der Waals surface area contributed by atoms with Crippen LogP contribution in [0.25, 0.3) is 5.69 Å². The highest BCUT2D eigenvalue weighted by Crippen LogP contribution is 2.30. The minimum absolute atomic E-state index is 0.160. The fourth-order valence-electron chi connectivity index (χ4n) is 2.42. The molecular weight excluding hydrogens is 369 g/mol. The standard InChI is InChI=1S/C19H18FN3O3S/c1-25-15-7-8-16(17(11-15)26-2)23-10-9-21-19(23)27-12-18(24)22-14-5-3-13(20)4-6-14/h3-11H,12H2,1-2H3,(H,22,24). The number of carbonyl (C=O) groups excluding carboxylic acids is 1. The molecule has 0 radical (unpaired) electrons. The summed E-state index contributed by atoms with van der Waals surface area (Å²) >= 11 is 1.29. The van der Waals surface area contributed by atoms with Crippen molar-refractivity contribution >= 4 is 23.4 Å². The molecule has 0 saturated carbocycles. The maximum absolute atomic E-state index is 12.9. The van der Waals surface area contributed by atoms with Gasteiger partial charge in [0.05, 0.1) is 25.7 Å². The van der Waals surface area contributed by atoms with Gasteiger partial charge in [-0.05, 0) is 36.4 Å². The number of methoxy groups -OCH3 is 2. The second-order valence-corrected chi connectivity index (χ2v) is 6.40. The van der Waals surface area contributed by atoms with E-state index in [2.05, 4.69) is 10.3 Å². The Kier molecular flexibility index (Phi) is 5.97. The van der Waals surface area contributed by atoms with Crippen molar-refractivity contribution in [2.45, 2.75) is 5.16 Å². The SMILES string of the molecule is COc1ccc(-n2ccnc2SCC(=O)Nc2ccc(F)cc2)c(OC)c1. The van der Waals surface area contributed by atoms with Crippen molar-refractivity contribution in [1.29, 1.82) is 0 Å². The molecule has 1 heterocycles. The van der Waals surface area contributed by atoms with E-state index in [-0.39, 0.29) is 17.5 Å². The molecule has 3 rings (SSSR count). The molecular formula is C19H18FN3O3S. The van der Waals surface area contributed by atoms with Crippen LogP contribution < -0.4 is 14.8 Å². The second kappa shape index (κ2) is 8.59. The van der Waals surface area contributed by atoms with Crippen LogP contribution in [0.2, 0.25) is 0 Å². The molecule has 0 aliphatic heterocycles. The molecule has 1 aromatic heterocycles. The van der Waals surface area contributed by atoms with E-state index in [1.54, 1.807) is 32.7 Å². The topological polar surface area (TPSA) is 65.4 Å². The van der Waals surface area contributed by atoms with Gasteiger partial charge in [-0.25, -0.2) is 9.37 Å². The summed E-state index contributed by atoms with van der Waals surface area (Å²) in [5.41, 5.74) is 1.33. The summed E-state index contributed by atoms with van der Waals surface area (Å²) in [5.74, 6) is 0.918. The summed E-state index contributed by atoms with van der Waals surface area (Å²) in [6.45, 7) is 0. The third-order valence-corrected chi connectivity index (χ3v) is 4.68. The van der Waals surface area contributed by atoms with Gasteiger partial charge in [0.1, 0.15) is 17.3 Å². The lowest BCUT2D eigenvalue weighted by Crippen LogP contribution is -2.14. The van der Waals surface area contributed by atoms with Gasteiger partial charge in [-0.2, -0.15) is 0 Å². The maximum atomic E-state index is 12.9. The number of ether oxygens (including phenoxy) is 2. The number of amides is 1. The number of anilines is 1. The Morgan fingerprint density at radius 2 is 1.96 bits per heavy atom. The van der Waals surface area contributed by atoms with Gasteiger partial charge >= 0.3 is 0 Å². The first kappa shape index (κ1) is 18.8. The van der Waals surface area contributed by atoms with Crippen molar-refractivity contribution in [1.82, 2.24) is 9.55 Å². The number of hydrogen-bond acceptors (Lipinski definition) is 5. The number of carbonyl (C=O) groups is 1. The molecule has 1 N–H and O–H groups in total. The van der Waals surface area contributed by atoms with Crippen molar-refractivity contribution in [2.24, 2.45) is 0 Å². The predicted molar refractivity (Wildman–Crippen MR) is 102 cm³/mol. The van der Waals surface area contributed by atoms with E-state index in [0.29, 0.717) is 22.3 Å². The molecule has 0 fully saturated rings. The molecule has 3 aromatic rings. The minimum Gasteiger partial charge on any atom is -0.497 e. The molecule has 6 nitrogen and oxygen atoms in total. The van der Waals surface area contributed by atoms with Crippen molar-refractivity contribution < 1.29 is 18.7 Å². The summed E-state index contributed by atoms with van der Waals surface area (Å²) in [6, 6.07) is 11.1. The van der Waals surface area contributed by atoms with Crippen molar-refractivity contribution in [3.8, 4) is 17.2 Å². The Labute approximate surface area is 160 Å². The molecule has 0 atom stereocenters. The Balaban J connectivity index is 1.70. The highest BCUT2D eigenvalue weighted by atomic mass is 32.2. The second-order valence-electron chi connectivity index (χ2n) is 5.46. The normalized spacial score (nSPS) is 10.5. The highest BCUT2D eigenvalue weighted by molar-refractivity contribution is 7.99. The van der Waals surface area contributed by atoms with Crippen LogP contribution in [0.1, 0.15) is 0 Å². The number of imidazole rings is 1. The number of aromatic nitrogens is 2. The first-order chi connectivity index (χ1) is 13.1. The zero-order valence-electron chi connectivity index (χ0n) is 14.8. The molecule has 0 unspecified atom stereocenters. The zero-order chi connectivity index (χ0) is 19.2. The largest absolute Gasteiger partial charge is 0.497 e. The van der Waals surface area contributed by atoms with Crippen LogP contribution in [0.5, 0.6) is 11.5 Å². The number of rotatable bonds is 7. The van der Waals surface area contributed by atoms with Gasteiger partial charge in [0.2, 0.25) is 5.91 Å². The van der Waals surface area contributed by atoms with Crippen molar-refractivity contribution in [2.75, 3.05) is 25.3 Å². The first-order valence-electron chi connectivity index (χ1n) is 8.04. The minimum atomic E-state index is -0.349. The van der Waals surface area contributed by atoms with Crippen LogP contribution in [0, 0.1) is 5.82 Å². The third-order valence-electron chi connectivity index (χ3n) is 3.71. The quantitative estimate of drug-likeness (QED) is 0.626. The molecule has 2 aromatic carbocycles. The van der Waals surface area contributed by atoms with E-state index >= 15 is 0 Å². The fourth-order valence-corrected chi connectivity index (χ4v) is 3.19. The Hall–Kier alpha value is -3.00. The van der Waals surface area contributed by atoms with Crippen LogP contribution in [-0.4, -0.2) is 35.4 Å². The predicted octanol–water partition coefficient (Wildman–Crippen LogP) is 3.76. The zero-order valence-corrected chi connectivity index (χ0v) is 15.6. The van der Waals surface area contributed by atoms with E-state index in [1.165, 1.54) is 36.0 Å². The fraction of sp³-hybridized carbons (Fsp3) is 0.158. The van der Waals surface area contributed by atoms with Gasteiger partial charge in [-0.1, -0.05) is 11.8 Å². The van der Waals surface area contributed by atoms with Gasteiger partial charge < -0.3 is 14.8 Å². The van der Waals surface area contributed by atoms with Gasteiger partial charge in [-0.15, -0.1) is 0 Å². The van der Waals surface area contributed by atoms with Crippen molar-refractivity contribution in [3.05, 3.63) is 60.7 Å². The molecule has 0 saturated heterocycles. The number of benzene rings is 2. The maximum Gasteiger partial charge on any atom is 0.234 e. The highest BCUT2D eigenvalue weighted by Gasteiger charge is 2.13. The molecule has 0 aliphatic rings. The average molecular weight is 387 g/mol. The summed E-state index contributed by atoms with van der Waals surface area (Å²) < 4.78 is 25.4. The molecule has 140 valence electrons. The average Bonchev–Trinajstić information content (AvgIpc) is 3.16. The summed E-state index contributed by atoms with van der Waals surface area (Å²) in [7, 11) is 3.17. The van der Waals surface area contributed by atoms with Gasteiger partial charge in [0.25, 0.3) is 0 Å². The van der Waals surface area contributed by atoms with E-state index in [0.717, 1.165) is 5.69 Å². The monoisotopic (exact) mass is 387 g/mol. The third kappa shape index (κ3) is 4.59. The van der Waals surface area contributed by atoms with Crippen LogP contribution >= 0.6 is 11.8 Å². The summed E-state index contributed by atoms with van der Waals surface area (Å²) in [5, 5.41) is 3.37. The number of nitrogens with zero attached hydrogens (tertiary/aromatic N) is 2. The lowest BCUT2D eigenvalue weighted by molar-refractivity contribution is -0.113. The lowest BCUT2D eigenvalue weighted by atomic mass is 10.2. The molecule has 27 heavy (non-hydrogen) atoms. The number of nitrogens with one attached hydrogen (secondary N) is 1. The smallest absolute Gasteiger partial charge is 0.234 e. The number of thioether (sulfide) groups is 1. The molecule has 0 aliphatic carbocycles. The van der Waals surface area contributed by atoms with E-state index < -0.39 is 0 Å².